The second-order valence-electron chi connectivity index (χ2n) is 11.7. The summed E-state index contributed by atoms with van der Waals surface area (Å²) < 4.78 is 6.31. The highest BCUT2D eigenvalue weighted by molar-refractivity contribution is 6.38. The van der Waals surface area contributed by atoms with Crippen LogP contribution in [0, 0.1) is 6.92 Å². The number of aryl methyl sites for hydroxylation is 1. The first-order valence-electron chi connectivity index (χ1n) is 16.0. The van der Waals surface area contributed by atoms with Crippen molar-refractivity contribution in [3.63, 3.8) is 0 Å². The number of pyridine rings is 1. The Morgan fingerprint density at radius 2 is 1.73 bits per heavy atom. The number of nitrogens with zero attached hydrogens (tertiary/aromatic N) is 3. The van der Waals surface area contributed by atoms with Crippen LogP contribution in [-0.2, 0) is 16.2 Å². The van der Waals surface area contributed by atoms with Gasteiger partial charge in [-0.3, -0.25) is 14.4 Å². The van der Waals surface area contributed by atoms with Crippen molar-refractivity contribution in [3.8, 4) is 5.75 Å². The van der Waals surface area contributed by atoms with E-state index in [4.69, 9.17) is 32.9 Å². The molecule has 1 aliphatic rings. The van der Waals surface area contributed by atoms with Gasteiger partial charge in [0.05, 0.1) is 17.3 Å². The zero-order valence-electron chi connectivity index (χ0n) is 27.3. The Morgan fingerprint density at radius 3 is 2.44 bits per heavy atom. The molecule has 1 fully saturated rings. The van der Waals surface area contributed by atoms with Crippen LogP contribution in [0.2, 0.25) is 10.0 Å². The Kier molecular flexibility index (Phi) is 11.6. The van der Waals surface area contributed by atoms with Crippen LogP contribution in [0.3, 0.4) is 0 Å². The predicted molar refractivity (Wildman–Crippen MR) is 193 cm³/mol. The van der Waals surface area contributed by atoms with Crippen molar-refractivity contribution in [2.24, 2.45) is 0 Å². The van der Waals surface area contributed by atoms with Crippen molar-refractivity contribution >= 4 is 69.3 Å². The van der Waals surface area contributed by atoms with Gasteiger partial charge in [0, 0.05) is 66.2 Å². The highest BCUT2D eigenvalue weighted by Crippen LogP contribution is 2.37. The third-order valence-electron chi connectivity index (χ3n) is 8.37. The van der Waals surface area contributed by atoms with Crippen LogP contribution in [-0.4, -0.2) is 56.4 Å². The maximum Gasteiger partial charge on any atom is 0.251 e. The van der Waals surface area contributed by atoms with Crippen LogP contribution >= 0.6 is 23.2 Å². The zero-order chi connectivity index (χ0) is 34.2. The molecule has 0 unspecified atom stereocenters. The van der Waals surface area contributed by atoms with Crippen LogP contribution in [0.15, 0.2) is 66.7 Å². The minimum absolute atomic E-state index is 0.0624. The first-order chi connectivity index (χ1) is 23.2. The van der Waals surface area contributed by atoms with Crippen molar-refractivity contribution in [1.29, 1.82) is 0 Å². The lowest BCUT2D eigenvalue weighted by Gasteiger charge is -2.25. The molecule has 5 rings (SSSR count). The number of anilines is 2. The molecule has 4 aromatic rings. The van der Waals surface area contributed by atoms with E-state index >= 15 is 0 Å². The predicted octanol–water partition coefficient (Wildman–Crippen LogP) is 6.96. The first kappa shape index (κ1) is 34.7. The van der Waals surface area contributed by atoms with Gasteiger partial charge in [-0.1, -0.05) is 60.3 Å². The molecule has 0 saturated carbocycles. The second kappa shape index (κ2) is 16.0. The number of hydrogen-bond acceptors (Lipinski definition) is 6. The lowest BCUT2D eigenvalue weighted by Crippen LogP contribution is -2.37. The SMILES string of the molecule is CNC(=O)c1ccc(/C=C/C(=O)NCC(=O)N(C)c2ccc(Cl)c(COc3cccc4c(N5CCCCCC5)cc(C)nc34)c2Cl)cc1. The van der Waals surface area contributed by atoms with E-state index in [0.29, 0.717) is 27.6 Å². The Labute approximate surface area is 290 Å². The van der Waals surface area contributed by atoms with Crippen molar-refractivity contribution in [3.05, 3.63) is 99.2 Å². The van der Waals surface area contributed by atoms with E-state index in [1.807, 2.05) is 19.1 Å². The van der Waals surface area contributed by atoms with Gasteiger partial charge in [-0.25, -0.2) is 4.98 Å². The van der Waals surface area contributed by atoms with Crippen molar-refractivity contribution in [2.45, 2.75) is 39.2 Å². The van der Waals surface area contributed by atoms with Crippen molar-refractivity contribution in [2.75, 3.05) is 43.5 Å². The summed E-state index contributed by atoms with van der Waals surface area (Å²) in [5, 5.41) is 6.88. The fourth-order valence-corrected chi connectivity index (χ4v) is 6.29. The van der Waals surface area contributed by atoms with Crippen LogP contribution in [0.25, 0.3) is 17.0 Å². The number of carbonyl (C=O) groups excluding carboxylic acids is 3. The molecule has 250 valence electrons. The fourth-order valence-electron chi connectivity index (χ4n) is 5.68. The van der Waals surface area contributed by atoms with E-state index in [1.165, 1.54) is 42.3 Å². The van der Waals surface area contributed by atoms with Crippen LogP contribution in [0.1, 0.15) is 52.9 Å². The van der Waals surface area contributed by atoms with Gasteiger partial charge in [-0.2, -0.15) is 0 Å². The average Bonchev–Trinajstić information content (AvgIpc) is 3.39. The van der Waals surface area contributed by atoms with E-state index in [1.54, 1.807) is 56.6 Å². The number of para-hydroxylation sites is 1. The number of amides is 3. The molecule has 3 aromatic carbocycles. The van der Waals surface area contributed by atoms with Gasteiger partial charge in [0.1, 0.15) is 17.9 Å². The summed E-state index contributed by atoms with van der Waals surface area (Å²) in [5.41, 5.74) is 5.07. The molecule has 0 radical (unpaired) electrons. The van der Waals surface area contributed by atoms with E-state index in [2.05, 4.69) is 27.7 Å². The Hall–Kier alpha value is -4.60. The number of benzene rings is 3. The molecule has 2 N–H and O–H groups in total. The van der Waals surface area contributed by atoms with Crippen LogP contribution in [0.5, 0.6) is 5.75 Å². The maximum absolute atomic E-state index is 13.1. The van der Waals surface area contributed by atoms with Gasteiger partial charge >= 0.3 is 0 Å². The third kappa shape index (κ3) is 8.27. The molecule has 9 nitrogen and oxygen atoms in total. The van der Waals surface area contributed by atoms with E-state index in [9.17, 15) is 14.4 Å². The highest BCUT2D eigenvalue weighted by atomic mass is 35.5. The number of rotatable bonds is 10. The molecule has 1 aromatic heterocycles. The summed E-state index contributed by atoms with van der Waals surface area (Å²) in [6.45, 7) is 3.84. The van der Waals surface area contributed by atoms with Crippen LogP contribution in [0.4, 0.5) is 11.4 Å². The molecule has 0 bridgehead atoms. The number of ether oxygens (including phenoxy) is 1. The molecule has 0 spiro atoms. The normalized spacial score (nSPS) is 13.3. The van der Waals surface area contributed by atoms with Crippen LogP contribution < -0.4 is 25.2 Å². The minimum atomic E-state index is -0.443. The van der Waals surface area contributed by atoms with Crippen molar-refractivity contribution < 1.29 is 19.1 Å². The summed E-state index contributed by atoms with van der Waals surface area (Å²) in [5.74, 6) is -0.396. The summed E-state index contributed by atoms with van der Waals surface area (Å²) in [6, 6.07) is 18.2. The number of carbonyl (C=O) groups is 3. The second-order valence-corrected chi connectivity index (χ2v) is 12.5. The standard InChI is InChI=1S/C37H39Cl2N5O4/c1-24-21-31(44-19-6-4-5-7-20-44)27-9-8-10-32(36(27)42-24)48-23-28-29(38)16-17-30(35(28)39)43(3)34(46)22-41-33(45)18-13-25-11-14-26(15-12-25)37(47)40-2/h8-18,21H,4-7,19-20,22-23H2,1-3H3,(H,40,47)(H,41,45)/b18-13+. The molecule has 0 aliphatic carbocycles. The lowest BCUT2D eigenvalue weighted by atomic mass is 10.1. The topological polar surface area (TPSA) is 104 Å². The smallest absolute Gasteiger partial charge is 0.251 e. The van der Waals surface area contributed by atoms with Gasteiger partial charge in [-0.15, -0.1) is 0 Å². The molecular weight excluding hydrogens is 649 g/mol. The van der Waals surface area contributed by atoms with Gasteiger partial charge in [0.15, 0.2) is 0 Å². The molecular formula is C37H39Cl2N5O4. The van der Waals surface area contributed by atoms with E-state index in [-0.39, 0.29) is 30.0 Å². The molecule has 2 heterocycles. The summed E-state index contributed by atoms with van der Waals surface area (Å²) >= 11 is 13.4. The number of likely N-dealkylation sites (N-methyl/N-ethyl adjacent to an activating group) is 1. The largest absolute Gasteiger partial charge is 0.487 e. The summed E-state index contributed by atoms with van der Waals surface area (Å²) in [6.07, 6.45) is 7.77. The lowest BCUT2D eigenvalue weighted by molar-refractivity contribution is -0.122. The van der Waals surface area contributed by atoms with Crippen molar-refractivity contribution in [1.82, 2.24) is 15.6 Å². The Morgan fingerprint density at radius 1 is 1.00 bits per heavy atom. The molecule has 0 atom stereocenters. The molecule has 11 heteroatoms. The van der Waals surface area contributed by atoms with Gasteiger partial charge in [-0.05, 0) is 67.8 Å². The number of aromatic nitrogens is 1. The third-order valence-corrected chi connectivity index (χ3v) is 9.15. The number of nitrogens with one attached hydrogen (secondary N) is 2. The van der Waals surface area contributed by atoms with Gasteiger partial charge in [0.25, 0.3) is 5.91 Å². The Bertz CT molecular complexity index is 1840. The van der Waals surface area contributed by atoms with Gasteiger partial charge < -0.3 is 25.2 Å². The maximum atomic E-state index is 13.1. The monoisotopic (exact) mass is 687 g/mol. The zero-order valence-corrected chi connectivity index (χ0v) is 28.8. The Balaban J connectivity index is 1.25. The summed E-state index contributed by atoms with van der Waals surface area (Å²) in [4.78, 5) is 45.9. The highest BCUT2D eigenvalue weighted by Gasteiger charge is 2.20. The summed E-state index contributed by atoms with van der Waals surface area (Å²) in [7, 11) is 3.14. The quantitative estimate of drug-likeness (QED) is 0.175. The molecule has 48 heavy (non-hydrogen) atoms. The molecule has 3 amide bonds. The molecule has 1 saturated heterocycles. The minimum Gasteiger partial charge on any atom is -0.487 e. The number of hydrogen-bond donors (Lipinski definition) is 2. The van der Waals surface area contributed by atoms with Gasteiger partial charge in [0.2, 0.25) is 11.8 Å². The fraction of sp³-hybridized carbons (Fsp3) is 0.297. The van der Waals surface area contributed by atoms with E-state index in [0.717, 1.165) is 35.2 Å². The molecule has 1 aliphatic heterocycles. The average molecular weight is 689 g/mol. The number of halogens is 2. The number of fused-ring (bicyclic) bond motifs is 1. The first-order valence-corrected chi connectivity index (χ1v) is 16.7. The van der Waals surface area contributed by atoms with E-state index < -0.39 is 5.91 Å².